The van der Waals surface area contributed by atoms with Crippen LogP contribution >= 0.6 is 0 Å². The number of hydrogen-bond donors (Lipinski definition) is 1. The highest BCUT2D eigenvalue weighted by Crippen LogP contribution is 2.43. The van der Waals surface area contributed by atoms with E-state index >= 15 is 0 Å². The predicted molar refractivity (Wildman–Crippen MR) is 80.6 cm³/mol. The van der Waals surface area contributed by atoms with E-state index in [2.05, 4.69) is 0 Å². The fourth-order valence-electron chi connectivity index (χ4n) is 3.06. The Bertz CT molecular complexity index is 676. The molecule has 1 aliphatic carbocycles. The quantitative estimate of drug-likeness (QED) is 0.912. The molecule has 114 valence electrons. The van der Waals surface area contributed by atoms with E-state index in [1.165, 1.54) is 12.1 Å². The van der Waals surface area contributed by atoms with Gasteiger partial charge in [0.2, 0.25) is 0 Å². The normalized spacial score (nSPS) is 16.4. The average molecular weight is 300 g/mol. The van der Waals surface area contributed by atoms with Crippen molar-refractivity contribution in [3.05, 3.63) is 65.5 Å². The zero-order valence-corrected chi connectivity index (χ0v) is 12.1. The van der Waals surface area contributed by atoms with Gasteiger partial charge in [-0.25, -0.2) is 9.18 Å². The van der Waals surface area contributed by atoms with Gasteiger partial charge in [0.25, 0.3) is 0 Å². The highest BCUT2D eigenvalue weighted by molar-refractivity contribution is 5.88. The molecule has 4 heteroatoms. The Kier molecular flexibility index (Phi) is 3.84. The Balaban J connectivity index is 1.99. The molecule has 0 amide bonds. The number of aromatic carboxylic acids is 1. The summed E-state index contributed by atoms with van der Waals surface area (Å²) in [6.07, 6.45) is 3.62. The Labute approximate surface area is 128 Å². The van der Waals surface area contributed by atoms with Crippen LogP contribution in [0.25, 0.3) is 0 Å². The van der Waals surface area contributed by atoms with Gasteiger partial charge >= 0.3 is 5.97 Å². The summed E-state index contributed by atoms with van der Waals surface area (Å²) in [4.78, 5) is 11.1. The lowest BCUT2D eigenvalue weighted by molar-refractivity contribution is 0.0657. The molecule has 2 aromatic rings. The summed E-state index contributed by atoms with van der Waals surface area (Å²) in [5.41, 5.74) is 0.462. The van der Waals surface area contributed by atoms with Gasteiger partial charge in [-0.05, 0) is 49.4 Å². The van der Waals surface area contributed by atoms with Crippen molar-refractivity contribution in [2.24, 2.45) is 0 Å². The third-order valence-corrected chi connectivity index (χ3v) is 4.19. The topological polar surface area (TPSA) is 46.5 Å². The Morgan fingerprint density at radius 3 is 2.41 bits per heavy atom. The molecule has 0 atom stereocenters. The van der Waals surface area contributed by atoms with Gasteiger partial charge in [-0.1, -0.05) is 30.3 Å². The Morgan fingerprint density at radius 2 is 1.77 bits per heavy atom. The molecule has 1 saturated carbocycles. The van der Waals surface area contributed by atoms with Crippen LogP contribution in [0.15, 0.2) is 48.5 Å². The van der Waals surface area contributed by atoms with E-state index in [1.54, 1.807) is 0 Å². The molecule has 3 nitrogen and oxygen atoms in total. The second kappa shape index (κ2) is 5.79. The molecule has 0 aliphatic heterocycles. The molecule has 1 fully saturated rings. The summed E-state index contributed by atoms with van der Waals surface area (Å²) >= 11 is 0. The van der Waals surface area contributed by atoms with Crippen molar-refractivity contribution < 1.29 is 19.0 Å². The van der Waals surface area contributed by atoms with Crippen LogP contribution in [0.5, 0.6) is 5.75 Å². The molecule has 0 unspecified atom stereocenters. The summed E-state index contributed by atoms with van der Waals surface area (Å²) in [5.74, 6) is -1.62. The van der Waals surface area contributed by atoms with Crippen LogP contribution in [0.4, 0.5) is 4.39 Å². The number of hydrogen-bond acceptors (Lipinski definition) is 2. The number of benzene rings is 2. The van der Waals surface area contributed by atoms with Crippen LogP contribution < -0.4 is 4.74 Å². The van der Waals surface area contributed by atoms with Crippen LogP contribution in [0, 0.1) is 5.82 Å². The molecule has 22 heavy (non-hydrogen) atoms. The first kappa shape index (κ1) is 14.6. The highest BCUT2D eigenvalue weighted by Gasteiger charge is 2.38. The van der Waals surface area contributed by atoms with E-state index in [0.717, 1.165) is 37.3 Å². The minimum atomic E-state index is -1.09. The van der Waals surface area contributed by atoms with E-state index in [9.17, 15) is 9.18 Å². The average Bonchev–Trinajstić information content (AvgIpc) is 3.00. The van der Waals surface area contributed by atoms with E-state index in [1.807, 2.05) is 30.3 Å². The largest absolute Gasteiger partial charge is 0.479 e. The van der Waals surface area contributed by atoms with Crippen LogP contribution in [-0.4, -0.2) is 11.1 Å². The number of carbonyl (C=O) groups is 1. The van der Waals surface area contributed by atoms with Crippen LogP contribution in [0.3, 0.4) is 0 Å². The predicted octanol–water partition coefficient (Wildman–Crippen LogP) is 4.37. The van der Waals surface area contributed by atoms with Gasteiger partial charge in [0.15, 0.2) is 11.6 Å². The van der Waals surface area contributed by atoms with Crippen molar-refractivity contribution in [1.82, 2.24) is 0 Å². The second-order valence-corrected chi connectivity index (χ2v) is 5.62. The first-order valence-corrected chi connectivity index (χ1v) is 7.38. The lowest BCUT2D eigenvalue weighted by Gasteiger charge is -2.31. The third kappa shape index (κ3) is 2.69. The van der Waals surface area contributed by atoms with Crippen LogP contribution in [0.1, 0.15) is 41.6 Å². The SMILES string of the molecule is O=C(O)c1ccc(F)c(OC2(c3ccccc3)CCCC2)c1. The fraction of sp³-hybridized carbons (Fsp3) is 0.278. The molecular formula is C18H17FO3. The van der Waals surface area contributed by atoms with Crippen molar-refractivity contribution in [2.75, 3.05) is 0 Å². The highest BCUT2D eigenvalue weighted by atomic mass is 19.1. The molecule has 0 bridgehead atoms. The van der Waals surface area contributed by atoms with Crippen molar-refractivity contribution in [3.63, 3.8) is 0 Å². The van der Waals surface area contributed by atoms with E-state index < -0.39 is 17.4 Å². The van der Waals surface area contributed by atoms with Gasteiger partial charge in [-0.3, -0.25) is 0 Å². The molecule has 1 aliphatic rings. The van der Waals surface area contributed by atoms with Crippen molar-refractivity contribution in [1.29, 1.82) is 0 Å². The second-order valence-electron chi connectivity index (χ2n) is 5.62. The molecule has 0 saturated heterocycles. The lowest BCUT2D eigenvalue weighted by atomic mass is 9.92. The van der Waals surface area contributed by atoms with Crippen LogP contribution in [-0.2, 0) is 5.60 Å². The maximum absolute atomic E-state index is 14.1. The summed E-state index contributed by atoms with van der Waals surface area (Å²) < 4.78 is 20.1. The fourth-order valence-corrected chi connectivity index (χ4v) is 3.06. The van der Waals surface area contributed by atoms with Gasteiger partial charge in [-0.15, -0.1) is 0 Å². The van der Waals surface area contributed by atoms with Crippen LogP contribution in [0.2, 0.25) is 0 Å². The van der Waals surface area contributed by atoms with Gasteiger partial charge in [0.05, 0.1) is 5.56 Å². The minimum Gasteiger partial charge on any atom is -0.479 e. The number of carboxylic acid groups (broad SMARTS) is 1. The standard InChI is InChI=1S/C18H17FO3/c19-15-9-8-13(17(20)21)12-16(15)22-18(10-4-5-11-18)14-6-2-1-3-7-14/h1-3,6-9,12H,4-5,10-11H2,(H,20,21). The molecular weight excluding hydrogens is 283 g/mol. The number of ether oxygens (including phenoxy) is 1. The summed E-state index contributed by atoms with van der Waals surface area (Å²) in [5, 5.41) is 9.06. The summed E-state index contributed by atoms with van der Waals surface area (Å²) in [6.45, 7) is 0. The molecule has 0 heterocycles. The third-order valence-electron chi connectivity index (χ3n) is 4.19. The van der Waals surface area contributed by atoms with Crippen molar-refractivity contribution >= 4 is 5.97 Å². The molecule has 3 rings (SSSR count). The van der Waals surface area contributed by atoms with Gasteiger partial charge < -0.3 is 9.84 Å². The first-order valence-electron chi connectivity index (χ1n) is 7.38. The Hall–Kier alpha value is -2.36. The maximum Gasteiger partial charge on any atom is 0.335 e. The van der Waals surface area contributed by atoms with E-state index in [0.29, 0.717) is 0 Å². The molecule has 0 spiro atoms. The monoisotopic (exact) mass is 300 g/mol. The molecule has 2 aromatic carbocycles. The smallest absolute Gasteiger partial charge is 0.335 e. The molecule has 1 N–H and O–H groups in total. The lowest BCUT2D eigenvalue weighted by Crippen LogP contribution is -2.30. The Morgan fingerprint density at radius 1 is 1.09 bits per heavy atom. The van der Waals surface area contributed by atoms with Gasteiger partial charge in [-0.2, -0.15) is 0 Å². The van der Waals surface area contributed by atoms with E-state index in [4.69, 9.17) is 9.84 Å². The van der Waals surface area contributed by atoms with E-state index in [-0.39, 0.29) is 11.3 Å². The zero-order valence-electron chi connectivity index (χ0n) is 12.1. The first-order chi connectivity index (χ1) is 10.6. The number of rotatable bonds is 4. The number of carboxylic acids is 1. The maximum atomic E-state index is 14.1. The summed E-state index contributed by atoms with van der Waals surface area (Å²) in [7, 11) is 0. The number of halogens is 1. The molecule has 0 aromatic heterocycles. The zero-order chi connectivity index (χ0) is 15.6. The summed E-state index contributed by atoms with van der Waals surface area (Å²) in [6, 6.07) is 13.4. The van der Waals surface area contributed by atoms with Crippen molar-refractivity contribution in [3.8, 4) is 5.75 Å². The van der Waals surface area contributed by atoms with Crippen molar-refractivity contribution in [2.45, 2.75) is 31.3 Å². The van der Waals surface area contributed by atoms with Gasteiger partial charge in [0.1, 0.15) is 5.60 Å². The minimum absolute atomic E-state index is 0.00523. The van der Waals surface area contributed by atoms with Gasteiger partial charge in [0, 0.05) is 0 Å². The molecule has 0 radical (unpaired) electrons.